The fourth-order valence-electron chi connectivity index (χ4n) is 15.7. The van der Waals surface area contributed by atoms with Gasteiger partial charge in [-0.15, -0.1) is 0 Å². The van der Waals surface area contributed by atoms with E-state index in [-0.39, 0.29) is 33.8 Å². The Balaban J connectivity index is 1.07. The molecule has 0 bridgehead atoms. The van der Waals surface area contributed by atoms with Crippen LogP contribution in [0.1, 0.15) is 145 Å². The number of rotatable bonds is 5. The van der Waals surface area contributed by atoms with E-state index in [2.05, 4.69) is 293 Å². The fraction of sp³-hybridized carbons (Fsp3) is 0.299. The second-order valence-corrected chi connectivity index (χ2v) is 28.7. The van der Waals surface area contributed by atoms with E-state index >= 15 is 0 Å². The quantitative estimate of drug-likeness (QED) is 0.159. The SMILES string of the molecule is Cc1cc2c3c(c1)N(c1ccc(C(C)(C)C)cc1-c1ccccc1)c1cc4c(cc1B3c1ccc(N3c5ccc(C(C)(C)C)cc5C5(c6ccccc6)CCc6ccccc6C35C)cc1N2c1ccc(C(C)(C)C)cc1)CC(C)(C)C4. The molecule has 3 heterocycles. The Morgan fingerprint density at radius 2 is 1.00 bits per heavy atom. The largest absolute Gasteiger partial charge is 0.330 e. The molecule has 4 heteroatoms. The molecular formula is C77H78BN3. The highest BCUT2D eigenvalue weighted by Crippen LogP contribution is 2.67. The summed E-state index contributed by atoms with van der Waals surface area (Å²) in [6.07, 6.45) is 4.16. The van der Waals surface area contributed by atoms with Crippen molar-refractivity contribution in [1.82, 2.24) is 0 Å². The lowest BCUT2D eigenvalue weighted by atomic mass is 9.33. The summed E-state index contributed by atoms with van der Waals surface area (Å²) < 4.78 is 0. The first-order chi connectivity index (χ1) is 38.5. The number of aryl methyl sites for hydroxylation is 2. The maximum absolute atomic E-state index is 2.79. The molecule has 2 atom stereocenters. The van der Waals surface area contributed by atoms with Crippen LogP contribution in [0.2, 0.25) is 0 Å². The highest BCUT2D eigenvalue weighted by molar-refractivity contribution is 7.00. The van der Waals surface area contributed by atoms with Crippen molar-refractivity contribution >= 4 is 68.6 Å². The molecule has 0 N–H and O–H groups in total. The Hall–Kier alpha value is -7.56. The van der Waals surface area contributed by atoms with Crippen molar-refractivity contribution in [2.45, 2.75) is 143 Å². The highest BCUT2D eigenvalue weighted by Gasteiger charge is 2.63. The zero-order chi connectivity index (χ0) is 56.3. The normalized spacial score (nSPS) is 19.3. The van der Waals surface area contributed by atoms with Gasteiger partial charge >= 0.3 is 0 Å². The Morgan fingerprint density at radius 1 is 0.432 bits per heavy atom. The van der Waals surface area contributed by atoms with Crippen molar-refractivity contribution in [3.05, 3.63) is 244 Å². The fourth-order valence-corrected chi connectivity index (χ4v) is 15.7. The lowest BCUT2D eigenvalue weighted by molar-refractivity contribution is 0.270. The summed E-state index contributed by atoms with van der Waals surface area (Å²) >= 11 is 0. The van der Waals surface area contributed by atoms with Gasteiger partial charge in [-0.25, -0.2) is 0 Å². The molecule has 9 aromatic rings. The summed E-state index contributed by atoms with van der Waals surface area (Å²) in [4.78, 5) is 8.11. The average molecular weight is 1060 g/mol. The van der Waals surface area contributed by atoms with Crippen LogP contribution in [0.3, 0.4) is 0 Å². The molecule has 81 heavy (non-hydrogen) atoms. The van der Waals surface area contributed by atoms with Gasteiger partial charge in [0.05, 0.1) is 16.6 Å². The monoisotopic (exact) mass is 1060 g/mol. The minimum atomic E-state index is -0.476. The zero-order valence-electron chi connectivity index (χ0n) is 50.1. The van der Waals surface area contributed by atoms with Crippen molar-refractivity contribution < 1.29 is 0 Å². The van der Waals surface area contributed by atoms with Crippen LogP contribution >= 0.6 is 0 Å². The molecule has 0 aromatic heterocycles. The van der Waals surface area contributed by atoms with Gasteiger partial charge < -0.3 is 14.7 Å². The van der Waals surface area contributed by atoms with Crippen molar-refractivity contribution in [2.24, 2.45) is 5.41 Å². The number of hydrogen-bond acceptors (Lipinski definition) is 3. The molecule has 0 amide bonds. The van der Waals surface area contributed by atoms with Crippen LogP contribution < -0.4 is 31.1 Å². The number of benzene rings is 9. The molecule has 0 fully saturated rings. The second kappa shape index (κ2) is 17.7. The summed E-state index contributed by atoms with van der Waals surface area (Å²) in [6, 6.07) is 74.3. The molecule has 3 aliphatic heterocycles. The molecule has 3 nitrogen and oxygen atoms in total. The summed E-state index contributed by atoms with van der Waals surface area (Å²) in [6.45, 7) is 30.9. The lowest BCUT2D eigenvalue weighted by Crippen LogP contribution is -2.61. The Labute approximate surface area is 483 Å². The van der Waals surface area contributed by atoms with Crippen LogP contribution in [0.25, 0.3) is 11.1 Å². The van der Waals surface area contributed by atoms with Gasteiger partial charge in [0, 0.05) is 45.4 Å². The highest BCUT2D eigenvalue weighted by atomic mass is 15.3. The molecule has 5 aliphatic rings. The molecule has 2 aliphatic carbocycles. The Bertz CT molecular complexity index is 4020. The summed E-state index contributed by atoms with van der Waals surface area (Å²) in [5.41, 5.74) is 29.7. The van der Waals surface area contributed by atoms with Gasteiger partial charge in [-0.05, 0) is 199 Å². The van der Waals surface area contributed by atoms with Crippen LogP contribution in [0.4, 0.5) is 45.5 Å². The van der Waals surface area contributed by atoms with E-state index in [0.29, 0.717) is 0 Å². The zero-order valence-corrected chi connectivity index (χ0v) is 50.1. The molecule has 9 aromatic carbocycles. The maximum Gasteiger partial charge on any atom is 0.252 e. The van der Waals surface area contributed by atoms with Crippen molar-refractivity contribution in [2.75, 3.05) is 14.7 Å². The van der Waals surface area contributed by atoms with E-state index in [1.165, 1.54) is 129 Å². The van der Waals surface area contributed by atoms with Crippen molar-refractivity contribution in [3.8, 4) is 11.1 Å². The van der Waals surface area contributed by atoms with Gasteiger partial charge in [-0.3, -0.25) is 0 Å². The van der Waals surface area contributed by atoms with Gasteiger partial charge in [-0.1, -0.05) is 204 Å². The van der Waals surface area contributed by atoms with Crippen LogP contribution in [0.5, 0.6) is 0 Å². The molecule has 404 valence electrons. The average Bonchev–Trinajstić information content (AvgIpc) is 1.84. The maximum atomic E-state index is 2.79. The van der Waals surface area contributed by atoms with E-state index in [9.17, 15) is 0 Å². The smallest absolute Gasteiger partial charge is 0.252 e. The van der Waals surface area contributed by atoms with Crippen molar-refractivity contribution in [1.29, 1.82) is 0 Å². The Morgan fingerprint density at radius 3 is 1.68 bits per heavy atom. The van der Waals surface area contributed by atoms with E-state index in [0.717, 1.165) is 25.7 Å². The molecular weight excluding hydrogens is 978 g/mol. The minimum Gasteiger partial charge on any atom is -0.330 e. The topological polar surface area (TPSA) is 9.72 Å². The third kappa shape index (κ3) is 7.75. The molecule has 14 rings (SSSR count). The third-order valence-corrected chi connectivity index (χ3v) is 19.7. The molecule has 0 saturated heterocycles. The molecule has 2 unspecified atom stereocenters. The third-order valence-electron chi connectivity index (χ3n) is 19.7. The van der Waals surface area contributed by atoms with E-state index < -0.39 is 5.54 Å². The summed E-state index contributed by atoms with van der Waals surface area (Å²) in [5.74, 6) is 0. The number of anilines is 8. The summed E-state index contributed by atoms with van der Waals surface area (Å²) in [5, 5.41) is 0. The number of nitrogens with zero attached hydrogens (tertiary/aromatic N) is 3. The van der Waals surface area contributed by atoms with Crippen LogP contribution in [0.15, 0.2) is 188 Å². The van der Waals surface area contributed by atoms with E-state index in [4.69, 9.17) is 0 Å². The molecule has 0 spiro atoms. The van der Waals surface area contributed by atoms with Gasteiger partial charge in [0.25, 0.3) is 6.71 Å². The van der Waals surface area contributed by atoms with Crippen molar-refractivity contribution in [3.63, 3.8) is 0 Å². The first-order valence-corrected chi connectivity index (χ1v) is 30.0. The first-order valence-electron chi connectivity index (χ1n) is 30.0. The van der Waals surface area contributed by atoms with Crippen LogP contribution in [0, 0.1) is 12.3 Å². The summed E-state index contributed by atoms with van der Waals surface area (Å²) in [7, 11) is 0. The molecule has 0 saturated carbocycles. The predicted molar refractivity (Wildman–Crippen MR) is 346 cm³/mol. The van der Waals surface area contributed by atoms with Gasteiger partial charge in [-0.2, -0.15) is 0 Å². The van der Waals surface area contributed by atoms with Crippen LogP contribution in [-0.2, 0) is 46.5 Å². The van der Waals surface area contributed by atoms with E-state index in [1.807, 2.05) is 0 Å². The van der Waals surface area contributed by atoms with Gasteiger partial charge in [0.1, 0.15) is 0 Å². The van der Waals surface area contributed by atoms with Crippen LogP contribution in [-0.4, -0.2) is 6.71 Å². The Kier molecular flexibility index (Phi) is 11.3. The second-order valence-electron chi connectivity index (χ2n) is 28.7. The first kappa shape index (κ1) is 51.6. The van der Waals surface area contributed by atoms with Gasteiger partial charge in [0.15, 0.2) is 0 Å². The van der Waals surface area contributed by atoms with E-state index in [1.54, 1.807) is 0 Å². The minimum absolute atomic E-state index is 0.00409. The standard InChI is InChI=1S/C77H78BN3/c1-49-40-69-71-70(41-49)80(65-36-30-56(73(5,6)7)44-60(65)50-22-16-14-17-23-50)67-43-53-48-75(11,12)47-52(53)42-64(67)78(71)63-35-34-59(46-68(63)79(69)58-32-28-54(29-33-58)72(2,3)4)81-66-37-31-57(74(8,9)10)45-62(66)77(55-25-18-15-19-26-55)39-38-51-24-20-21-27-61(51)76(77,81)13/h14-37,40-46H,38-39,47-48H2,1-13H3. The lowest BCUT2D eigenvalue weighted by Gasteiger charge is -2.53. The number of hydrogen-bond donors (Lipinski definition) is 0. The predicted octanol–water partition coefficient (Wildman–Crippen LogP) is 18.1. The van der Waals surface area contributed by atoms with Gasteiger partial charge in [0.2, 0.25) is 0 Å². The number of fused-ring (bicyclic) bond motifs is 10. The molecule has 0 radical (unpaired) electrons.